The molecule has 2 rings (SSSR count). The van der Waals surface area contributed by atoms with E-state index in [1.165, 1.54) is 5.56 Å². The van der Waals surface area contributed by atoms with Crippen molar-refractivity contribution in [2.45, 2.75) is 39.5 Å². The van der Waals surface area contributed by atoms with Crippen LogP contribution in [0.2, 0.25) is 0 Å². The maximum atomic E-state index is 8.88. The van der Waals surface area contributed by atoms with Crippen LogP contribution in [-0.4, -0.2) is 27.6 Å². The molecule has 0 bridgehead atoms. The Morgan fingerprint density at radius 2 is 1.95 bits per heavy atom. The minimum absolute atomic E-state index is 0.0913. The fourth-order valence-electron chi connectivity index (χ4n) is 2.10. The third-order valence-electron chi connectivity index (χ3n) is 3.10. The number of benzene rings is 1. The first-order chi connectivity index (χ1) is 10.1. The smallest absolute Gasteiger partial charge is 0.119 e. The summed E-state index contributed by atoms with van der Waals surface area (Å²) in [6, 6.07) is 8.27. The fourth-order valence-corrected chi connectivity index (χ4v) is 2.10. The highest BCUT2D eigenvalue weighted by Gasteiger charge is 2.07. The summed E-state index contributed by atoms with van der Waals surface area (Å²) in [6.45, 7) is 6.73. The minimum Gasteiger partial charge on any atom is -0.491 e. The molecule has 1 atom stereocenters. The molecule has 2 N–H and O–H groups in total. The fraction of sp³-hybridized carbons (Fsp3) is 0.438. The molecular weight excluding hydrogens is 266 g/mol. The number of hydrogen-bond donors (Lipinski definition) is 2. The van der Waals surface area contributed by atoms with E-state index in [1.54, 1.807) is 10.9 Å². The normalized spacial score (nSPS) is 12.4. The Morgan fingerprint density at radius 1 is 1.24 bits per heavy atom. The molecule has 114 valence electrons. The molecule has 0 amide bonds. The zero-order valence-electron chi connectivity index (χ0n) is 12.8. The Hall–Kier alpha value is -2.01. The van der Waals surface area contributed by atoms with Crippen molar-refractivity contribution in [1.82, 2.24) is 9.78 Å². The summed E-state index contributed by atoms with van der Waals surface area (Å²) < 4.78 is 7.36. The zero-order valence-corrected chi connectivity index (χ0v) is 12.8. The SMILES string of the molecule is CC(C)Oc1ccc(C(C)Nc2cnn(CCO)c2)cc1. The average molecular weight is 289 g/mol. The van der Waals surface area contributed by atoms with Gasteiger partial charge in [0.25, 0.3) is 0 Å². The lowest BCUT2D eigenvalue weighted by Crippen LogP contribution is -2.08. The monoisotopic (exact) mass is 289 g/mol. The molecule has 0 spiro atoms. The van der Waals surface area contributed by atoms with Crippen molar-refractivity contribution in [3.05, 3.63) is 42.2 Å². The van der Waals surface area contributed by atoms with E-state index in [9.17, 15) is 0 Å². The molecule has 0 aliphatic carbocycles. The van der Waals surface area contributed by atoms with Gasteiger partial charge in [0.15, 0.2) is 0 Å². The lowest BCUT2D eigenvalue weighted by Gasteiger charge is -2.15. The van der Waals surface area contributed by atoms with Gasteiger partial charge in [0.05, 0.1) is 31.1 Å². The molecule has 21 heavy (non-hydrogen) atoms. The van der Waals surface area contributed by atoms with Crippen LogP contribution in [0.25, 0.3) is 0 Å². The van der Waals surface area contributed by atoms with Crippen LogP contribution in [-0.2, 0) is 6.54 Å². The summed E-state index contributed by atoms with van der Waals surface area (Å²) in [6.07, 6.45) is 3.84. The number of aliphatic hydroxyl groups excluding tert-OH is 1. The Bertz CT molecular complexity index is 549. The van der Waals surface area contributed by atoms with Gasteiger partial charge in [-0.2, -0.15) is 5.10 Å². The topological polar surface area (TPSA) is 59.3 Å². The molecule has 1 unspecified atom stereocenters. The standard InChI is InChI=1S/C16H23N3O2/c1-12(2)21-16-6-4-14(5-7-16)13(3)18-15-10-17-19(11-15)8-9-20/h4-7,10-13,18,20H,8-9H2,1-3H3. The van der Waals surface area contributed by atoms with Crippen LogP contribution in [0.15, 0.2) is 36.7 Å². The van der Waals surface area contributed by atoms with Gasteiger partial charge in [-0.1, -0.05) is 12.1 Å². The maximum Gasteiger partial charge on any atom is 0.119 e. The van der Waals surface area contributed by atoms with Crippen LogP contribution in [0, 0.1) is 0 Å². The van der Waals surface area contributed by atoms with Crippen molar-refractivity contribution in [2.24, 2.45) is 0 Å². The van der Waals surface area contributed by atoms with Gasteiger partial charge in [-0.05, 0) is 38.5 Å². The third-order valence-corrected chi connectivity index (χ3v) is 3.10. The number of hydrogen-bond acceptors (Lipinski definition) is 4. The summed E-state index contributed by atoms with van der Waals surface area (Å²) in [5.74, 6) is 0.886. The van der Waals surface area contributed by atoms with Crippen LogP contribution in [0.1, 0.15) is 32.4 Å². The van der Waals surface area contributed by atoms with Gasteiger partial charge in [0.1, 0.15) is 5.75 Å². The number of nitrogens with zero attached hydrogens (tertiary/aromatic N) is 2. The number of nitrogens with one attached hydrogen (secondary N) is 1. The first-order valence-electron chi connectivity index (χ1n) is 7.25. The molecule has 0 saturated carbocycles. The molecular formula is C16H23N3O2. The van der Waals surface area contributed by atoms with Gasteiger partial charge < -0.3 is 15.2 Å². The molecule has 1 heterocycles. The Morgan fingerprint density at radius 3 is 2.57 bits per heavy atom. The Balaban J connectivity index is 1.97. The van der Waals surface area contributed by atoms with Gasteiger partial charge in [-0.25, -0.2) is 0 Å². The van der Waals surface area contributed by atoms with Crippen molar-refractivity contribution in [2.75, 3.05) is 11.9 Å². The van der Waals surface area contributed by atoms with Crippen LogP contribution in [0.5, 0.6) is 5.75 Å². The lowest BCUT2D eigenvalue weighted by atomic mass is 10.1. The van der Waals surface area contributed by atoms with E-state index >= 15 is 0 Å². The number of anilines is 1. The molecule has 1 aromatic carbocycles. The van der Waals surface area contributed by atoms with E-state index in [-0.39, 0.29) is 18.8 Å². The highest BCUT2D eigenvalue weighted by atomic mass is 16.5. The summed E-state index contributed by atoms with van der Waals surface area (Å²) in [5.41, 5.74) is 2.12. The van der Waals surface area contributed by atoms with Crippen molar-refractivity contribution in [3.8, 4) is 5.75 Å². The predicted molar refractivity (Wildman–Crippen MR) is 83.6 cm³/mol. The molecule has 2 aromatic rings. The van der Waals surface area contributed by atoms with Crippen LogP contribution < -0.4 is 10.1 Å². The number of rotatable bonds is 7. The van der Waals surface area contributed by atoms with Gasteiger partial charge in [-0.3, -0.25) is 4.68 Å². The van der Waals surface area contributed by atoms with E-state index in [0.717, 1.165) is 11.4 Å². The third kappa shape index (κ3) is 4.49. The van der Waals surface area contributed by atoms with Crippen LogP contribution >= 0.6 is 0 Å². The first kappa shape index (κ1) is 15.4. The molecule has 5 heteroatoms. The van der Waals surface area contributed by atoms with E-state index < -0.39 is 0 Å². The summed E-state index contributed by atoms with van der Waals surface area (Å²) in [7, 11) is 0. The average Bonchev–Trinajstić information content (AvgIpc) is 2.86. The Kier molecular flexibility index (Phi) is 5.22. The van der Waals surface area contributed by atoms with Gasteiger partial charge in [0, 0.05) is 12.2 Å². The molecule has 1 aromatic heterocycles. The van der Waals surface area contributed by atoms with E-state index in [0.29, 0.717) is 6.54 Å². The molecule has 0 radical (unpaired) electrons. The molecule has 0 aliphatic heterocycles. The Labute approximate surface area is 125 Å². The van der Waals surface area contributed by atoms with E-state index in [2.05, 4.69) is 29.5 Å². The van der Waals surface area contributed by atoms with Gasteiger partial charge in [0.2, 0.25) is 0 Å². The quantitative estimate of drug-likeness (QED) is 0.823. The summed E-state index contributed by atoms with van der Waals surface area (Å²) in [4.78, 5) is 0. The van der Waals surface area contributed by atoms with Gasteiger partial charge in [-0.15, -0.1) is 0 Å². The van der Waals surface area contributed by atoms with Gasteiger partial charge >= 0.3 is 0 Å². The highest BCUT2D eigenvalue weighted by Crippen LogP contribution is 2.21. The van der Waals surface area contributed by atoms with Crippen molar-refractivity contribution in [3.63, 3.8) is 0 Å². The van der Waals surface area contributed by atoms with Crippen molar-refractivity contribution < 1.29 is 9.84 Å². The second-order valence-electron chi connectivity index (χ2n) is 5.32. The molecule has 0 fully saturated rings. The number of ether oxygens (including phenoxy) is 1. The van der Waals surface area contributed by atoms with E-state index in [1.807, 2.05) is 32.2 Å². The molecule has 5 nitrogen and oxygen atoms in total. The highest BCUT2D eigenvalue weighted by molar-refractivity contribution is 5.42. The molecule has 0 aliphatic rings. The largest absolute Gasteiger partial charge is 0.491 e. The van der Waals surface area contributed by atoms with Crippen molar-refractivity contribution >= 4 is 5.69 Å². The number of aliphatic hydroxyl groups is 1. The summed E-state index contributed by atoms with van der Waals surface area (Å²) in [5, 5.41) is 16.4. The number of aromatic nitrogens is 2. The first-order valence-corrected chi connectivity index (χ1v) is 7.25. The predicted octanol–water partition coefficient (Wildman–Crippen LogP) is 2.84. The zero-order chi connectivity index (χ0) is 15.2. The second kappa shape index (κ2) is 7.13. The van der Waals surface area contributed by atoms with Crippen LogP contribution in [0.3, 0.4) is 0 Å². The minimum atomic E-state index is 0.0913. The van der Waals surface area contributed by atoms with Crippen LogP contribution in [0.4, 0.5) is 5.69 Å². The summed E-state index contributed by atoms with van der Waals surface area (Å²) >= 11 is 0. The molecule has 0 saturated heterocycles. The van der Waals surface area contributed by atoms with E-state index in [4.69, 9.17) is 9.84 Å². The maximum absolute atomic E-state index is 8.88. The van der Waals surface area contributed by atoms with Crippen molar-refractivity contribution in [1.29, 1.82) is 0 Å². The second-order valence-corrected chi connectivity index (χ2v) is 5.32. The lowest BCUT2D eigenvalue weighted by molar-refractivity contribution is 0.242.